The average Bonchev–Trinajstić information content (AvgIpc) is 2.73. The molecule has 2 aromatic rings. The number of rotatable bonds is 4. The van der Waals surface area contributed by atoms with Gasteiger partial charge in [-0.2, -0.15) is 5.10 Å². The zero-order chi connectivity index (χ0) is 12.3. The van der Waals surface area contributed by atoms with Crippen LogP contribution in [-0.4, -0.2) is 16.3 Å². The molecule has 17 heavy (non-hydrogen) atoms. The smallest absolute Gasteiger partial charge is 0.0649 e. The van der Waals surface area contributed by atoms with Crippen LogP contribution in [0, 0.1) is 6.92 Å². The summed E-state index contributed by atoms with van der Waals surface area (Å²) in [4.78, 5) is 0. The maximum atomic E-state index is 5.61. The molecular formula is C14H19N3. The Balaban J connectivity index is 2.41. The van der Waals surface area contributed by atoms with Crippen molar-refractivity contribution in [3.63, 3.8) is 0 Å². The molecule has 0 saturated carbocycles. The van der Waals surface area contributed by atoms with Crippen LogP contribution in [0.2, 0.25) is 0 Å². The summed E-state index contributed by atoms with van der Waals surface area (Å²) < 4.78 is 2.02. The maximum Gasteiger partial charge on any atom is 0.0649 e. The SMILES string of the molecule is CCc1c(CCN)cnn1-c1ccc(C)cc1. The molecule has 0 unspecified atom stereocenters. The van der Waals surface area contributed by atoms with Crippen molar-refractivity contribution in [1.29, 1.82) is 0 Å². The van der Waals surface area contributed by atoms with Crippen LogP contribution in [0.4, 0.5) is 0 Å². The Hall–Kier alpha value is -1.61. The standard InChI is InChI=1S/C14H19N3/c1-3-14-12(8-9-15)10-16-17(14)13-6-4-11(2)5-7-13/h4-7,10H,3,8-9,15H2,1-2H3. The van der Waals surface area contributed by atoms with Gasteiger partial charge in [0.05, 0.1) is 11.9 Å². The lowest BCUT2D eigenvalue weighted by Crippen LogP contribution is -2.06. The molecule has 0 amide bonds. The molecule has 0 fully saturated rings. The van der Waals surface area contributed by atoms with E-state index in [4.69, 9.17) is 5.73 Å². The zero-order valence-corrected chi connectivity index (χ0v) is 10.5. The van der Waals surface area contributed by atoms with Gasteiger partial charge in [0.2, 0.25) is 0 Å². The minimum absolute atomic E-state index is 0.673. The largest absolute Gasteiger partial charge is 0.330 e. The molecule has 0 aliphatic rings. The van der Waals surface area contributed by atoms with Crippen molar-refractivity contribution in [2.24, 2.45) is 5.73 Å². The first-order chi connectivity index (χ1) is 8.26. The van der Waals surface area contributed by atoms with Crippen molar-refractivity contribution in [3.8, 4) is 5.69 Å². The Kier molecular flexibility index (Phi) is 3.59. The van der Waals surface area contributed by atoms with Gasteiger partial charge in [-0.05, 0) is 44.0 Å². The summed E-state index contributed by atoms with van der Waals surface area (Å²) in [6.45, 7) is 4.92. The normalized spacial score (nSPS) is 10.8. The van der Waals surface area contributed by atoms with Crippen LogP contribution in [0.15, 0.2) is 30.5 Å². The minimum atomic E-state index is 0.673. The second-order valence-corrected chi connectivity index (χ2v) is 4.26. The number of hydrogen-bond donors (Lipinski definition) is 1. The summed E-state index contributed by atoms with van der Waals surface area (Å²) in [5, 5.41) is 4.47. The molecule has 0 bridgehead atoms. The predicted molar refractivity (Wildman–Crippen MR) is 70.4 cm³/mol. The highest BCUT2D eigenvalue weighted by Gasteiger charge is 2.09. The summed E-state index contributed by atoms with van der Waals surface area (Å²) in [5.41, 5.74) is 10.5. The molecule has 90 valence electrons. The van der Waals surface area contributed by atoms with E-state index in [2.05, 4.69) is 43.2 Å². The van der Waals surface area contributed by atoms with Crippen molar-refractivity contribution < 1.29 is 0 Å². The number of nitrogens with two attached hydrogens (primary N) is 1. The molecular weight excluding hydrogens is 210 g/mol. The third-order valence-corrected chi connectivity index (χ3v) is 2.98. The van der Waals surface area contributed by atoms with Crippen molar-refractivity contribution >= 4 is 0 Å². The van der Waals surface area contributed by atoms with E-state index < -0.39 is 0 Å². The molecule has 0 spiro atoms. The van der Waals surface area contributed by atoms with Gasteiger partial charge in [-0.3, -0.25) is 0 Å². The lowest BCUT2D eigenvalue weighted by atomic mass is 10.1. The monoisotopic (exact) mass is 229 g/mol. The minimum Gasteiger partial charge on any atom is -0.330 e. The Morgan fingerprint density at radius 1 is 1.24 bits per heavy atom. The van der Waals surface area contributed by atoms with Crippen LogP contribution in [0.25, 0.3) is 5.69 Å². The fraction of sp³-hybridized carbons (Fsp3) is 0.357. The number of aromatic nitrogens is 2. The van der Waals surface area contributed by atoms with Gasteiger partial charge in [0, 0.05) is 5.69 Å². The van der Waals surface area contributed by atoms with Gasteiger partial charge >= 0.3 is 0 Å². The fourth-order valence-corrected chi connectivity index (χ4v) is 2.06. The molecule has 3 heteroatoms. The summed E-state index contributed by atoms with van der Waals surface area (Å²) in [6.07, 6.45) is 3.81. The van der Waals surface area contributed by atoms with Crippen LogP contribution in [0.3, 0.4) is 0 Å². The quantitative estimate of drug-likeness (QED) is 0.873. The Labute approximate surface area is 102 Å². The van der Waals surface area contributed by atoms with E-state index in [0.717, 1.165) is 18.5 Å². The number of aryl methyl sites for hydroxylation is 1. The van der Waals surface area contributed by atoms with Gasteiger partial charge < -0.3 is 5.73 Å². The summed E-state index contributed by atoms with van der Waals surface area (Å²) in [5.74, 6) is 0. The van der Waals surface area contributed by atoms with E-state index in [1.807, 2.05) is 10.9 Å². The summed E-state index contributed by atoms with van der Waals surface area (Å²) in [7, 11) is 0. The molecule has 3 nitrogen and oxygen atoms in total. The van der Waals surface area contributed by atoms with E-state index in [9.17, 15) is 0 Å². The molecule has 1 heterocycles. The summed E-state index contributed by atoms with van der Waals surface area (Å²) >= 11 is 0. The van der Waals surface area contributed by atoms with Crippen molar-refractivity contribution in [2.45, 2.75) is 26.7 Å². The third kappa shape index (κ3) is 2.39. The Morgan fingerprint density at radius 3 is 2.53 bits per heavy atom. The lowest BCUT2D eigenvalue weighted by Gasteiger charge is -2.07. The number of benzene rings is 1. The van der Waals surface area contributed by atoms with E-state index in [1.165, 1.54) is 16.8 Å². The van der Waals surface area contributed by atoms with Gasteiger partial charge in [0.25, 0.3) is 0 Å². The first-order valence-electron chi connectivity index (χ1n) is 6.09. The average molecular weight is 229 g/mol. The highest BCUT2D eigenvalue weighted by atomic mass is 15.3. The van der Waals surface area contributed by atoms with Crippen LogP contribution >= 0.6 is 0 Å². The van der Waals surface area contributed by atoms with Crippen LogP contribution in [0.1, 0.15) is 23.7 Å². The zero-order valence-electron chi connectivity index (χ0n) is 10.5. The Bertz CT molecular complexity index is 483. The first-order valence-corrected chi connectivity index (χ1v) is 6.09. The fourth-order valence-electron chi connectivity index (χ4n) is 2.06. The highest BCUT2D eigenvalue weighted by Crippen LogP contribution is 2.16. The molecule has 0 aliphatic heterocycles. The Morgan fingerprint density at radius 2 is 1.94 bits per heavy atom. The molecule has 0 saturated heterocycles. The van der Waals surface area contributed by atoms with Crippen molar-refractivity contribution in [3.05, 3.63) is 47.3 Å². The van der Waals surface area contributed by atoms with Crippen molar-refractivity contribution in [2.75, 3.05) is 6.54 Å². The van der Waals surface area contributed by atoms with Crippen molar-refractivity contribution in [1.82, 2.24) is 9.78 Å². The van der Waals surface area contributed by atoms with Crippen LogP contribution in [0.5, 0.6) is 0 Å². The second-order valence-electron chi connectivity index (χ2n) is 4.26. The maximum absolute atomic E-state index is 5.61. The van der Waals surface area contributed by atoms with Gasteiger partial charge in [-0.1, -0.05) is 24.6 Å². The van der Waals surface area contributed by atoms with Gasteiger partial charge in [0.15, 0.2) is 0 Å². The van der Waals surface area contributed by atoms with Gasteiger partial charge in [-0.15, -0.1) is 0 Å². The molecule has 0 aliphatic carbocycles. The summed E-state index contributed by atoms with van der Waals surface area (Å²) in [6, 6.07) is 8.43. The van der Waals surface area contributed by atoms with E-state index in [0.29, 0.717) is 6.54 Å². The molecule has 0 atom stereocenters. The topological polar surface area (TPSA) is 43.8 Å². The van der Waals surface area contributed by atoms with E-state index in [1.54, 1.807) is 0 Å². The van der Waals surface area contributed by atoms with Crippen LogP contribution in [-0.2, 0) is 12.8 Å². The first kappa shape index (κ1) is 11.9. The number of hydrogen-bond acceptors (Lipinski definition) is 2. The van der Waals surface area contributed by atoms with E-state index in [-0.39, 0.29) is 0 Å². The van der Waals surface area contributed by atoms with Gasteiger partial charge in [-0.25, -0.2) is 4.68 Å². The molecule has 0 radical (unpaired) electrons. The number of nitrogens with zero attached hydrogens (tertiary/aromatic N) is 2. The molecule has 2 rings (SSSR count). The molecule has 1 aromatic carbocycles. The molecule has 2 N–H and O–H groups in total. The van der Waals surface area contributed by atoms with Gasteiger partial charge in [0.1, 0.15) is 0 Å². The lowest BCUT2D eigenvalue weighted by molar-refractivity contribution is 0.805. The highest BCUT2D eigenvalue weighted by molar-refractivity contribution is 5.37. The second kappa shape index (κ2) is 5.15. The predicted octanol–water partition coefficient (Wildman–Crippen LogP) is 2.24. The third-order valence-electron chi connectivity index (χ3n) is 2.98. The van der Waals surface area contributed by atoms with E-state index >= 15 is 0 Å². The molecule has 1 aromatic heterocycles. The van der Waals surface area contributed by atoms with Crippen LogP contribution < -0.4 is 5.73 Å².